The topological polar surface area (TPSA) is 107 Å². The first-order valence-electron chi connectivity index (χ1n) is 10.6. The van der Waals surface area contributed by atoms with Crippen molar-refractivity contribution in [3.05, 3.63) is 18.2 Å². The average molecular weight is 466 g/mol. The molecule has 0 spiro atoms. The van der Waals surface area contributed by atoms with Crippen LogP contribution in [-0.4, -0.2) is 79.7 Å². The van der Waals surface area contributed by atoms with Crippen LogP contribution in [0.25, 0.3) is 0 Å². The number of hydrogen-bond acceptors (Lipinski definition) is 8. The number of benzene rings is 1. The molecule has 2 amide bonds. The molecule has 0 aliphatic heterocycles. The highest BCUT2D eigenvalue weighted by Crippen LogP contribution is 2.28. The van der Waals surface area contributed by atoms with Crippen molar-refractivity contribution in [3.63, 3.8) is 0 Å². The monoisotopic (exact) mass is 465 g/mol. The number of ether oxygens (including phenoxy) is 4. The van der Waals surface area contributed by atoms with E-state index in [2.05, 4.69) is 4.99 Å². The summed E-state index contributed by atoms with van der Waals surface area (Å²) in [6.07, 6.45) is 0.575. The predicted octanol–water partition coefficient (Wildman–Crippen LogP) is 4.15. The molecule has 1 rings (SSSR count). The maximum Gasteiger partial charge on any atom is 0.410 e. The van der Waals surface area contributed by atoms with Crippen LogP contribution in [0, 0.1) is 0 Å². The number of rotatable bonds is 9. The summed E-state index contributed by atoms with van der Waals surface area (Å²) in [6.45, 7) is 11.7. The van der Waals surface area contributed by atoms with Crippen LogP contribution in [0.15, 0.2) is 23.2 Å². The lowest BCUT2D eigenvalue weighted by molar-refractivity contribution is 0.0270. The van der Waals surface area contributed by atoms with E-state index in [1.165, 1.54) is 15.9 Å². The Labute approximate surface area is 195 Å². The van der Waals surface area contributed by atoms with Crippen molar-refractivity contribution in [3.8, 4) is 11.5 Å². The van der Waals surface area contributed by atoms with E-state index in [0.29, 0.717) is 17.2 Å². The minimum atomic E-state index is -0.586. The van der Waals surface area contributed by atoms with Crippen molar-refractivity contribution in [1.29, 1.82) is 0 Å². The number of aliphatic imine (C=N–C) groups is 1. The van der Waals surface area contributed by atoms with Crippen molar-refractivity contribution >= 4 is 24.0 Å². The zero-order valence-electron chi connectivity index (χ0n) is 20.8. The molecule has 0 saturated heterocycles. The number of hydrogen-bond donors (Lipinski definition) is 0. The molecule has 0 bridgehead atoms. The molecule has 0 aliphatic rings. The molecule has 0 radical (unpaired) electrons. The van der Waals surface area contributed by atoms with Gasteiger partial charge < -0.3 is 28.7 Å². The summed E-state index contributed by atoms with van der Waals surface area (Å²) in [4.78, 5) is 41.2. The van der Waals surface area contributed by atoms with Gasteiger partial charge in [-0.25, -0.2) is 14.4 Å². The van der Waals surface area contributed by atoms with Crippen molar-refractivity contribution in [2.75, 3.05) is 40.4 Å². The molecule has 33 heavy (non-hydrogen) atoms. The summed E-state index contributed by atoms with van der Waals surface area (Å²) >= 11 is 0. The summed E-state index contributed by atoms with van der Waals surface area (Å²) in [5.41, 5.74) is -0.868. The van der Waals surface area contributed by atoms with Gasteiger partial charge in [-0.15, -0.1) is 0 Å². The average Bonchev–Trinajstić information content (AvgIpc) is 2.65. The van der Waals surface area contributed by atoms with E-state index >= 15 is 0 Å². The molecule has 184 valence electrons. The van der Waals surface area contributed by atoms with Crippen molar-refractivity contribution in [2.45, 2.75) is 52.7 Å². The molecule has 0 aliphatic carbocycles. The molecule has 0 N–H and O–H groups in total. The van der Waals surface area contributed by atoms with E-state index in [4.69, 9.17) is 18.9 Å². The van der Waals surface area contributed by atoms with Crippen LogP contribution in [0.2, 0.25) is 0 Å². The van der Waals surface area contributed by atoms with Gasteiger partial charge in [-0.2, -0.15) is 4.99 Å². The van der Waals surface area contributed by atoms with Gasteiger partial charge in [0.2, 0.25) is 6.08 Å². The molecule has 0 saturated carbocycles. The van der Waals surface area contributed by atoms with E-state index in [1.54, 1.807) is 73.8 Å². The number of likely N-dealkylation sites (N-methyl/N-ethyl adjacent to an activating group) is 2. The van der Waals surface area contributed by atoms with Gasteiger partial charge in [0.15, 0.2) is 0 Å². The van der Waals surface area contributed by atoms with Gasteiger partial charge in [-0.05, 0) is 41.5 Å². The number of carbonyl (C=O) groups is 2. The molecular weight excluding hydrogens is 430 g/mol. The van der Waals surface area contributed by atoms with Crippen molar-refractivity contribution in [2.24, 2.45) is 4.99 Å². The lowest BCUT2D eigenvalue weighted by atomic mass is 10.2. The van der Waals surface area contributed by atoms with E-state index < -0.39 is 23.4 Å². The minimum absolute atomic E-state index is 0.185. The number of nitrogens with zero attached hydrogens (tertiary/aromatic N) is 3. The minimum Gasteiger partial charge on any atom is -0.492 e. The number of isocyanates is 1. The Hall–Kier alpha value is -3.26. The third-order valence-electron chi connectivity index (χ3n) is 3.84. The fraction of sp³-hybridized carbons (Fsp3) is 0.609. The molecule has 10 heteroatoms. The van der Waals surface area contributed by atoms with Crippen LogP contribution < -0.4 is 9.47 Å². The molecule has 0 atom stereocenters. The SMILES string of the molecule is CN(CCOc1cc(N=C=O)cc(OCCN(C)C(=O)OC(C)(C)C)c1)C(=O)OC(C)(C)C. The molecule has 0 fully saturated rings. The fourth-order valence-electron chi connectivity index (χ4n) is 2.30. The highest BCUT2D eigenvalue weighted by atomic mass is 16.6. The smallest absolute Gasteiger partial charge is 0.410 e. The van der Waals surface area contributed by atoms with Gasteiger partial charge in [0.05, 0.1) is 18.8 Å². The maximum atomic E-state index is 12.0. The third kappa shape index (κ3) is 11.8. The zero-order chi connectivity index (χ0) is 25.2. The lowest BCUT2D eigenvalue weighted by Gasteiger charge is -2.24. The van der Waals surface area contributed by atoms with Crippen LogP contribution in [0.3, 0.4) is 0 Å². The first-order chi connectivity index (χ1) is 15.2. The Morgan fingerprint density at radius 2 is 1.21 bits per heavy atom. The van der Waals surface area contributed by atoms with E-state index in [1.807, 2.05) is 0 Å². The summed E-state index contributed by atoms with van der Waals surface area (Å²) in [5, 5.41) is 0. The van der Waals surface area contributed by atoms with E-state index in [0.717, 1.165) is 0 Å². The maximum absolute atomic E-state index is 12.0. The quantitative estimate of drug-likeness (QED) is 0.398. The normalized spacial score (nSPS) is 11.2. The van der Waals surface area contributed by atoms with E-state index in [-0.39, 0.29) is 26.3 Å². The molecule has 0 heterocycles. The molecule has 1 aromatic rings. The van der Waals surface area contributed by atoms with Gasteiger partial charge in [0.25, 0.3) is 0 Å². The third-order valence-corrected chi connectivity index (χ3v) is 3.84. The summed E-state index contributed by atoms with van der Waals surface area (Å²) in [5.74, 6) is 0.805. The second kappa shape index (κ2) is 12.1. The number of amides is 2. The second-order valence-corrected chi connectivity index (χ2v) is 9.37. The van der Waals surface area contributed by atoms with Crippen molar-refractivity contribution < 1.29 is 33.3 Å². The Morgan fingerprint density at radius 3 is 1.55 bits per heavy atom. The Balaban J connectivity index is 2.68. The van der Waals surface area contributed by atoms with Crippen LogP contribution >= 0.6 is 0 Å². The lowest BCUT2D eigenvalue weighted by Crippen LogP contribution is -2.36. The molecule has 1 aromatic carbocycles. The van der Waals surface area contributed by atoms with E-state index in [9.17, 15) is 14.4 Å². The molecule has 10 nitrogen and oxygen atoms in total. The van der Waals surface area contributed by atoms with Gasteiger partial charge in [-0.1, -0.05) is 0 Å². The summed E-state index contributed by atoms with van der Waals surface area (Å²) < 4.78 is 22.0. The Morgan fingerprint density at radius 1 is 0.818 bits per heavy atom. The second-order valence-electron chi connectivity index (χ2n) is 9.37. The first kappa shape index (κ1) is 27.8. The Bertz CT molecular complexity index is 794. The van der Waals surface area contributed by atoms with Crippen LogP contribution in [0.4, 0.5) is 15.3 Å². The largest absolute Gasteiger partial charge is 0.492 e. The van der Waals surface area contributed by atoms with Gasteiger partial charge in [0, 0.05) is 32.3 Å². The summed E-state index contributed by atoms with van der Waals surface area (Å²) in [7, 11) is 3.22. The fourth-order valence-corrected chi connectivity index (χ4v) is 2.30. The van der Waals surface area contributed by atoms with Crippen LogP contribution in [0.5, 0.6) is 11.5 Å². The first-order valence-corrected chi connectivity index (χ1v) is 10.6. The van der Waals surface area contributed by atoms with Crippen molar-refractivity contribution in [1.82, 2.24) is 9.80 Å². The van der Waals surface area contributed by atoms with Gasteiger partial charge >= 0.3 is 12.2 Å². The highest BCUT2D eigenvalue weighted by Gasteiger charge is 2.20. The van der Waals surface area contributed by atoms with Crippen LogP contribution in [-0.2, 0) is 14.3 Å². The molecule has 0 unspecified atom stereocenters. The van der Waals surface area contributed by atoms with Crippen LogP contribution in [0.1, 0.15) is 41.5 Å². The standard InChI is InChI=1S/C23H35N3O7/c1-22(2,3)32-20(28)25(7)9-11-30-18-13-17(24-16-27)14-19(15-18)31-12-10-26(8)21(29)33-23(4,5)6/h13-15H,9-12H2,1-8H3. The Kier molecular flexibility index (Phi) is 10.2. The number of carbonyl (C=O) groups excluding carboxylic acids is 3. The molecule has 0 aromatic heterocycles. The van der Waals surface area contributed by atoms with Gasteiger partial charge in [-0.3, -0.25) is 0 Å². The highest BCUT2D eigenvalue weighted by molar-refractivity contribution is 5.68. The molecular formula is C23H35N3O7. The zero-order valence-corrected chi connectivity index (χ0v) is 20.8. The summed E-state index contributed by atoms with van der Waals surface area (Å²) in [6, 6.07) is 4.74. The predicted molar refractivity (Wildman–Crippen MR) is 123 cm³/mol. The van der Waals surface area contributed by atoms with Gasteiger partial charge in [0.1, 0.15) is 35.9 Å².